The third-order valence-corrected chi connectivity index (χ3v) is 2.63. The van der Waals surface area contributed by atoms with Gasteiger partial charge in [0.25, 0.3) is 0 Å². The summed E-state index contributed by atoms with van der Waals surface area (Å²) in [4.78, 5) is 5.86. The number of hydrogen-bond donors (Lipinski definition) is 1. The van der Waals surface area contributed by atoms with E-state index in [0.717, 1.165) is 26.1 Å². The molecule has 0 amide bonds. The van der Waals surface area contributed by atoms with Gasteiger partial charge in [-0.3, -0.25) is 0 Å². The van der Waals surface area contributed by atoms with Crippen molar-refractivity contribution in [3.8, 4) is 0 Å². The molecule has 0 aliphatic heterocycles. The van der Waals surface area contributed by atoms with E-state index in [1.807, 2.05) is 11.9 Å². The van der Waals surface area contributed by atoms with E-state index in [9.17, 15) is 4.39 Å². The van der Waals surface area contributed by atoms with Gasteiger partial charge in [0, 0.05) is 30.8 Å². The Bertz CT molecular complexity index is 333. The second kappa shape index (κ2) is 6.81. The lowest BCUT2D eigenvalue weighted by atomic mass is 10.4. The van der Waals surface area contributed by atoms with Crippen molar-refractivity contribution < 1.29 is 4.39 Å². The lowest BCUT2D eigenvalue weighted by Crippen LogP contribution is -2.30. The van der Waals surface area contributed by atoms with Crippen molar-refractivity contribution in [3.63, 3.8) is 0 Å². The quantitative estimate of drug-likeness (QED) is 0.816. The van der Waals surface area contributed by atoms with E-state index >= 15 is 0 Å². The van der Waals surface area contributed by atoms with Crippen LogP contribution in [0.1, 0.15) is 13.3 Å². The van der Waals surface area contributed by atoms with E-state index in [0.29, 0.717) is 10.3 Å². The molecule has 1 rings (SSSR count). The van der Waals surface area contributed by atoms with E-state index in [1.54, 1.807) is 6.20 Å². The molecule has 1 aromatic rings. The molecule has 90 valence electrons. The Morgan fingerprint density at radius 1 is 1.50 bits per heavy atom. The highest BCUT2D eigenvalue weighted by Gasteiger charge is 2.08. The molecule has 0 aliphatic carbocycles. The molecule has 5 heteroatoms. The SMILES string of the molecule is CCCNCCN(C)c1ncc(Br)cc1F. The number of nitrogens with zero attached hydrogens (tertiary/aromatic N) is 2. The Morgan fingerprint density at radius 3 is 2.88 bits per heavy atom. The minimum absolute atomic E-state index is 0.299. The Hall–Kier alpha value is -0.680. The first-order valence-corrected chi connectivity index (χ1v) is 6.17. The van der Waals surface area contributed by atoms with Gasteiger partial charge in [0.05, 0.1) is 0 Å². The number of halogens is 2. The van der Waals surface area contributed by atoms with Crippen LogP contribution in [-0.4, -0.2) is 31.7 Å². The topological polar surface area (TPSA) is 28.2 Å². The Kier molecular flexibility index (Phi) is 5.69. The molecule has 0 unspecified atom stereocenters. The van der Waals surface area contributed by atoms with Gasteiger partial charge in [-0.05, 0) is 35.0 Å². The van der Waals surface area contributed by atoms with Crippen LogP contribution in [0, 0.1) is 5.82 Å². The molecule has 0 atom stereocenters. The van der Waals surface area contributed by atoms with Crippen molar-refractivity contribution in [1.29, 1.82) is 0 Å². The second-order valence-corrected chi connectivity index (χ2v) is 4.55. The first kappa shape index (κ1) is 13.4. The number of pyridine rings is 1. The summed E-state index contributed by atoms with van der Waals surface area (Å²) in [5.41, 5.74) is 0. The molecule has 0 aliphatic rings. The molecule has 0 spiro atoms. The van der Waals surface area contributed by atoms with Crippen LogP contribution in [0.3, 0.4) is 0 Å². The zero-order valence-electron chi connectivity index (χ0n) is 9.63. The van der Waals surface area contributed by atoms with Gasteiger partial charge < -0.3 is 10.2 Å². The van der Waals surface area contributed by atoms with Gasteiger partial charge in [-0.2, -0.15) is 0 Å². The third kappa shape index (κ3) is 4.06. The van der Waals surface area contributed by atoms with Crippen molar-refractivity contribution in [3.05, 3.63) is 22.6 Å². The molecule has 1 heterocycles. The monoisotopic (exact) mass is 289 g/mol. The van der Waals surface area contributed by atoms with E-state index in [-0.39, 0.29) is 5.82 Å². The van der Waals surface area contributed by atoms with Crippen molar-refractivity contribution in [2.45, 2.75) is 13.3 Å². The van der Waals surface area contributed by atoms with Crippen molar-refractivity contribution >= 4 is 21.7 Å². The van der Waals surface area contributed by atoms with Crippen LogP contribution < -0.4 is 10.2 Å². The molecule has 0 saturated heterocycles. The maximum absolute atomic E-state index is 13.5. The highest BCUT2D eigenvalue weighted by atomic mass is 79.9. The van der Waals surface area contributed by atoms with E-state index < -0.39 is 0 Å². The summed E-state index contributed by atoms with van der Waals surface area (Å²) in [5, 5.41) is 3.27. The maximum atomic E-state index is 13.5. The van der Waals surface area contributed by atoms with Gasteiger partial charge in [-0.15, -0.1) is 0 Å². The summed E-state index contributed by atoms with van der Waals surface area (Å²) in [6, 6.07) is 1.43. The highest BCUT2D eigenvalue weighted by Crippen LogP contribution is 2.18. The van der Waals surface area contributed by atoms with Gasteiger partial charge in [0.2, 0.25) is 0 Å². The number of aromatic nitrogens is 1. The standard InChI is InChI=1S/C11H17BrFN3/c1-3-4-14-5-6-16(2)11-10(13)7-9(12)8-15-11/h7-8,14H,3-6H2,1-2H3. The fourth-order valence-corrected chi connectivity index (χ4v) is 1.65. The lowest BCUT2D eigenvalue weighted by Gasteiger charge is -2.18. The molecule has 0 radical (unpaired) electrons. The Balaban J connectivity index is 2.49. The molecule has 0 bridgehead atoms. The third-order valence-electron chi connectivity index (χ3n) is 2.20. The first-order chi connectivity index (χ1) is 7.65. The summed E-state index contributed by atoms with van der Waals surface area (Å²) in [7, 11) is 1.84. The predicted octanol–water partition coefficient (Wildman–Crippen LogP) is 2.42. The van der Waals surface area contributed by atoms with Crippen LogP contribution in [-0.2, 0) is 0 Å². The van der Waals surface area contributed by atoms with Gasteiger partial charge in [0.1, 0.15) is 0 Å². The molecular weight excluding hydrogens is 273 g/mol. The van der Waals surface area contributed by atoms with Crippen LogP contribution >= 0.6 is 15.9 Å². The Morgan fingerprint density at radius 2 is 2.25 bits per heavy atom. The van der Waals surface area contributed by atoms with E-state index in [1.165, 1.54) is 6.07 Å². The normalized spacial score (nSPS) is 10.5. The van der Waals surface area contributed by atoms with E-state index in [4.69, 9.17) is 0 Å². The molecule has 3 nitrogen and oxygen atoms in total. The molecular formula is C11H17BrFN3. The van der Waals surface area contributed by atoms with Crippen LogP contribution in [0.4, 0.5) is 10.2 Å². The van der Waals surface area contributed by atoms with Crippen molar-refractivity contribution in [1.82, 2.24) is 10.3 Å². The van der Waals surface area contributed by atoms with Gasteiger partial charge in [0.15, 0.2) is 11.6 Å². The van der Waals surface area contributed by atoms with Crippen LogP contribution in [0.25, 0.3) is 0 Å². The van der Waals surface area contributed by atoms with Crippen LogP contribution in [0.5, 0.6) is 0 Å². The number of hydrogen-bond acceptors (Lipinski definition) is 3. The fourth-order valence-electron chi connectivity index (χ4n) is 1.34. The summed E-state index contributed by atoms with van der Waals surface area (Å²) in [5.74, 6) is 0.0915. The smallest absolute Gasteiger partial charge is 0.166 e. The molecule has 1 N–H and O–H groups in total. The van der Waals surface area contributed by atoms with Gasteiger partial charge >= 0.3 is 0 Å². The lowest BCUT2D eigenvalue weighted by molar-refractivity contribution is 0.606. The second-order valence-electron chi connectivity index (χ2n) is 3.63. The van der Waals surface area contributed by atoms with Crippen molar-refractivity contribution in [2.75, 3.05) is 31.6 Å². The van der Waals surface area contributed by atoms with Crippen LogP contribution in [0.2, 0.25) is 0 Å². The number of likely N-dealkylation sites (N-methyl/N-ethyl adjacent to an activating group) is 1. The van der Waals surface area contributed by atoms with Gasteiger partial charge in [-0.25, -0.2) is 9.37 Å². The van der Waals surface area contributed by atoms with Crippen molar-refractivity contribution in [2.24, 2.45) is 0 Å². The highest BCUT2D eigenvalue weighted by molar-refractivity contribution is 9.10. The molecule has 16 heavy (non-hydrogen) atoms. The zero-order chi connectivity index (χ0) is 12.0. The molecule has 0 fully saturated rings. The summed E-state index contributed by atoms with van der Waals surface area (Å²) in [6.45, 7) is 4.68. The maximum Gasteiger partial charge on any atom is 0.166 e. The molecule has 1 aromatic heterocycles. The number of rotatable bonds is 6. The zero-order valence-corrected chi connectivity index (χ0v) is 11.2. The molecule has 0 aromatic carbocycles. The minimum Gasteiger partial charge on any atom is -0.356 e. The summed E-state index contributed by atoms with van der Waals surface area (Å²) >= 11 is 3.19. The first-order valence-electron chi connectivity index (χ1n) is 5.38. The molecule has 0 saturated carbocycles. The predicted molar refractivity (Wildman–Crippen MR) is 68.3 cm³/mol. The number of anilines is 1. The summed E-state index contributed by atoms with van der Waals surface area (Å²) < 4.78 is 14.2. The van der Waals surface area contributed by atoms with Crippen LogP contribution in [0.15, 0.2) is 16.7 Å². The summed E-state index contributed by atoms with van der Waals surface area (Å²) in [6.07, 6.45) is 2.71. The Labute approximate surface area is 104 Å². The van der Waals surface area contributed by atoms with Gasteiger partial charge in [-0.1, -0.05) is 6.92 Å². The number of nitrogens with one attached hydrogen (secondary N) is 1. The fraction of sp³-hybridized carbons (Fsp3) is 0.545. The van der Waals surface area contributed by atoms with E-state index in [2.05, 4.69) is 33.2 Å². The average molecular weight is 290 g/mol. The minimum atomic E-state index is -0.299. The average Bonchev–Trinajstić information content (AvgIpc) is 2.24. The largest absolute Gasteiger partial charge is 0.356 e.